The third-order valence-electron chi connectivity index (χ3n) is 15.4. The van der Waals surface area contributed by atoms with Crippen LogP contribution >= 0.6 is 7.82 Å². The first kappa shape index (κ1) is 89.1. The van der Waals surface area contributed by atoms with Crippen molar-refractivity contribution in [2.45, 2.75) is 290 Å². The fourth-order valence-corrected chi connectivity index (χ4v) is 10.5. The van der Waals surface area contributed by atoms with Gasteiger partial charge in [-0.25, -0.2) is 0 Å². The summed E-state index contributed by atoms with van der Waals surface area (Å²) in [5.74, 6) is -0.907. The number of quaternary nitrogens is 1. The third kappa shape index (κ3) is 76.1. The van der Waals surface area contributed by atoms with Crippen LogP contribution < -0.4 is 4.89 Å². The molecule has 0 N–H and O–H groups in total. The van der Waals surface area contributed by atoms with E-state index in [0.717, 1.165) is 116 Å². The van der Waals surface area contributed by atoms with Gasteiger partial charge in [-0.1, -0.05) is 325 Å². The SMILES string of the molecule is CC/C=C\C/C=C\C/C=C\C/C=C\C/C=C\C/C=C\C/C=C\C/C=C\C/C=C\CCCC(=O)OC(COC(=O)CCCCCCCCCCCCCCCCCCCCCCCC/C=C\C/C=C\C/C=C\C/C=C\C/C=C\C/C=C\CC)COP(=O)([O-])OCC[N+](C)(C)C. The highest BCUT2D eigenvalue weighted by molar-refractivity contribution is 7.45. The van der Waals surface area contributed by atoms with Crippen LogP contribution in [-0.4, -0.2) is 70.0 Å². The van der Waals surface area contributed by atoms with E-state index in [0.29, 0.717) is 23.9 Å². The first-order valence-corrected chi connectivity index (χ1v) is 39.0. The van der Waals surface area contributed by atoms with Crippen molar-refractivity contribution in [1.29, 1.82) is 0 Å². The third-order valence-corrected chi connectivity index (χ3v) is 16.4. The van der Waals surface area contributed by atoms with E-state index >= 15 is 0 Å². The van der Waals surface area contributed by atoms with Crippen LogP contribution in [0.3, 0.4) is 0 Å². The van der Waals surface area contributed by atoms with E-state index in [9.17, 15) is 19.0 Å². The van der Waals surface area contributed by atoms with Gasteiger partial charge in [0.15, 0.2) is 6.10 Å². The number of ether oxygens (including phenoxy) is 2. The molecule has 0 heterocycles. The second-order valence-electron chi connectivity index (χ2n) is 25.5. The summed E-state index contributed by atoms with van der Waals surface area (Å²) in [6, 6.07) is 0. The lowest BCUT2D eigenvalue weighted by molar-refractivity contribution is -0.870. The number of esters is 2. The van der Waals surface area contributed by atoms with Crippen molar-refractivity contribution in [2.24, 2.45) is 0 Å². The molecule has 0 aliphatic rings. The molecule has 532 valence electrons. The Bertz CT molecular complexity index is 2240. The van der Waals surface area contributed by atoms with Gasteiger partial charge < -0.3 is 27.9 Å². The molecule has 0 amide bonds. The summed E-state index contributed by atoms with van der Waals surface area (Å²) in [6.07, 6.45) is 111. The van der Waals surface area contributed by atoms with Gasteiger partial charge >= 0.3 is 11.9 Å². The molecule has 0 aromatic heterocycles. The summed E-state index contributed by atoms with van der Waals surface area (Å²) in [5.41, 5.74) is 0. The van der Waals surface area contributed by atoms with E-state index in [1.807, 2.05) is 27.2 Å². The van der Waals surface area contributed by atoms with Gasteiger partial charge in [0.05, 0.1) is 27.7 Å². The summed E-state index contributed by atoms with van der Waals surface area (Å²) in [7, 11) is 1.11. The average molecular weight is 1320 g/mol. The number of likely N-dealkylation sites (N-methyl/N-ethyl adjacent to an activating group) is 1. The number of carbonyl (C=O) groups excluding carboxylic acids is 2. The number of rotatable bonds is 67. The predicted octanol–water partition coefficient (Wildman–Crippen LogP) is 24.4. The van der Waals surface area contributed by atoms with Gasteiger partial charge in [-0.2, -0.15) is 0 Å². The highest BCUT2D eigenvalue weighted by atomic mass is 31.2. The predicted molar refractivity (Wildman–Crippen MR) is 406 cm³/mol. The maximum atomic E-state index is 12.8. The smallest absolute Gasteiger partial charge is 0.306 e. The van der Waals surface area contributed by atoms with Crippen molar-refractivity contribution in [3.05, 3.63) is 182 Å². The van der Waals surface area contributed by atoms with Gasteiger partial charge in [-0.05, 0) is 128 Å². The van der Waals surface area contributed by atoms with Crippen molar-refractivity contribution >= 4 is 19.8 Å². The Balaban J connectivity index is 4.07. The normalized spacial score (nSPS) is 14.1. The minimum atomic E-state index is -4.67. The molecule has 94 heavy (non-hydrogen) atoms. The summed E-state index contributed by atoms with van der Waals surface area (Å²) < 4.78 is 34.2. The van der Waals surface area contributed by atoms with E-state index in [4.69, 9.17) is 18.5 Å². The summed E-state index contributed by atoms with van der Waals surface area (Å²) >= 11 is 0. The van der Waals surface area contributed by atoms with Crippen LogP contribution in [0.5, 0.6) is 0 Å². The van der Waals surface area contributed by atoms with E-state index in [1.165, 1.54) is 128 Å². The number of phosphoric acid groups is 1. The number of phosphoric ester groups is 1. The number of hydrogen-bond donors (Lipinski definition) is 0. The monoisotopic (exact) mass is 1320 g/mol. The van der Waals surface area contributed by atoms with Crippen molar-refractivity contribution < 1.29 is 42.1 Å². The highest BCUT2D eigenvalue weighted by Gasteiger charge is 2.22. The van der Waals surface area contributed by atoms with Crippen LogP contribution in [0, 0.1) is 0 Å². The Morgan fingerprint density at radius 1 is 0.330 bits per heavy atom. The minimum Gasteiger partial charge on any atom is -0.756 e. The highest BCUT2D eigenvalue weighted by Crippen LogP contribution is 2.38. The summed E-state index contributed by atoms with van der Waals surface area (Å²) in [4.78, 5) is 38.1. The average Bonchev–Trinajstić information content (AvgIpc) is 1.65. The van der Waals surface area contributed by atoms with Gasteiger partial charge in [-0.15, -0.1) is 0 Å². The van der Waals surface area contributed by atoms with Crippen LogP contribution in [0.25, 0.3) is 0 Å². The van der Waals surface area contributed by atoms with Crippen molar-refractivity contribution in [3.63, 3.8) is 0 Å². The molecule has 0 saturated carbocycles. The van der Waals surface area contributed by atoms with Crippen molar-refractivity contribution in [3.8, 4) is 0 Å². The maximum Gasteiger partial charge on any atom is 0.306 e. The Labute approximate surface area is 578 Å². The minimum absolute atomic E-state index is 0.0496. The molecule has 0 spiro atoms. The zero-order valence-electron chi connectivity index (χ0n) is 60.6. The first-order chi connectivity index (χ1) is 46.0. The standard InChI is InChI=1S/C84H138NO8P/c1-6-8-10-12-14-16-18-20-22-24-26-28-30-32-34-36-37-38-39-40-41-42-43-44-45-46-47-49-50-52-54-56-58-60-62-64-66-68-70-72-74-76-83(86)90-80-82(81-92-94(88,89)91-79-78-85(3,4)5)93-84(87)77-75-73-71-69-67-65-63-61-59-57-55-53-51-48-35-33-31-29-27-25-23-21-19-17-15-13-11-9-7-2/h8-11,14-17,20-23,26-29,32-35,37-38,51,53,57,59,63,65,69,71,82H,6-7,12-13,18-19,24-25,30-31,36,39-50,52,54-56,58,60-62,64,66-68,70,72-81H2,1-5H3/b10-8-,11-9-,16-14-,17-15-,22-20-,23-21-,28-26-,29-27-,34-32-,35-33-,38-37-,53-51-,59-57-,65-63-,71-69-. The Morgan fingerprint density at radius 3 is 0.883 bits per heavy atom. The molecule has 0 radical (unpaired) electrons. The largest absolute Gasteiger partial charge is 0.756 e. The van der Waals surface area contributed by atoms with Crippen LogP contribution in [0.1, 0.15) is 284 Å². The first-order valence-electron chi connectivity index (χ1n) is 37.5. The Kier molecular flexibility index (Phi) is 68.6. The zero-order chi connectivity index (χ0) is 68.3. The van der Waals surface area contributed by atoms with E-state index in [-0.39, 0.29) is 26.1 Å². The van der Waals surface area contributed by atoms with Gasteiger partial charge in [0.2, 0.25) is 0 Å². The second-order valence-corrected chi connectivity index (χ2v) is 27.0. The van der Waals surface area contributed by atoms with Gasteiger partial charge in [0, 0.05) is 12.8 Å². The molecule has 2 unspecified atom stereocenters. The fourth-order valence-electron chi connectivity index (χ4n) is 9.78. The molecule has 0 aliphatic heterocycles. The van der Waals surface area contributed by atoms with Crippen LogP contribution in [0.15, 0.2) is 182 Å². The van der Waals surface area contributed by atoms with Gasteiger partial charge in [0.1, 0.15) is 19.8 Å². The van der Waals surface area contributed by atoms with Gasteiger partial charge in [0.25, 0.3) is 7.82 Å². The lowest BCUT2D eigenvalue weighted by Crippen LogP contribution is -2.37. The summed E-state index contributed by atoms with van der Waals surface area (Å²) in [5, 5.41) is 0. The molecule has 0 saturated heterocycles. The van der Waals surface area contributed by atoms with E-state index in [1.54, 1.807) is 0 Å². The molecule has 0 aromatic carbocycles. The number of hydrogen-bond acceptors (Lipinski definition) is 8. The molecule has 0 aliphatic carbocycles. The fraction of sp³-hybridized carbons (Fsp3) is 0.619. The number of allylic oxidation sites excluding steroid dienone is 30. The zero-order valence-corrected chi connectivity index (χ0v) is 61.5. The molecule has 0 aromatic rings. The number of nitrogens with zero attached hydrogens (tertiary/aromatic N) is 1. The van der Waals surface area contributed by atoms with Crippen molar-refractivity contribution in [2.75, 3.05) is 47.5 Å². The Hall–Kier alpha value is -4.89. The molecule has 9 nitrogen and oxygen atoms in total. The second kappa shape index (κ2) is 72.4. The topological polar surface area (TPSA) is 111 Å². The van der Waals surface area contributed by atoms with Crippen LogP contribution in [0.4, 0.5) is 0 Å². The molecule has 0 fully saturated rings. The quantitative estimate of drug-likeness (QED) is 0.0195. The lowest BCUT2D eigenvalue weighted by atomic mass is 10.0. The van der Waals surface area contributed by atoms with Gasteiger partial charge in [-0.3, -0.25) is 14.2 Å². The molecule has 2 atom stereocenters. The molecule has 0 rings (SSSR count). The van der Waals surface area contributed by atoms with E-state index in [2.05, 4.69) is 190 Å². The van der Waals surface area contributed by atoms with Crippen LogP contribution in [0.2, 0.25) is 0 Å². The summed E-state index contributed by atoms with van der Waals surface area (Å²) in [6.45, 7) is 3.94. The lowest BCUT2D eigenvalue weighted by Gasteiger charge is -2.28. The van der Waals surface area contributed by atoms with Crippen molar-refractivity contribution in [1.82, 2.24) is 0 Å². The molecular weight excluding hydrogens is 1180 g/mol. The number of carbonyl (C=O) groups is 2. The Morgan fingerprint density at radius 2 is 0.585 bits per heavy atom. The maximum absolute atomic E-state index is 12.8. The molecule has 0 bridgehead atoms. The molecule has 10 heteroatoms. The van der Waals surface area contributed by atoms with Crippen LogP contribution in [-0.2, 0) is 32.7 Å². The number of unbranched alkanes of at least 4 members (excludes halogenated alkanes) is 23. The molecular formula is C84H138NO8P. The van der Waals surface area contributed by atoms with E-state index < -0.39 is 32.5 Å².